The van der Waals surface area contributed by atoms with E-state index in [1.54, 1.807) is 0 Å². The summed E-state index contributed by atoms with van der Waals surface area (Å²) in [5.74, 6) is 0.893. The lowest BCUT2D eigenvalue weighted by molar-refractivity contribution is 0.258. The van der Waals surface area contributed by atoms with Crippen molar-refractivity contribution in [2.45, 2.75) is 39.2 Å². The van der Waals surface area contributed by atoms with Crippen LogP contribution < -0.4 is 10.5 Å². The van der Waals surface area contributed by atoms with E-state index in [1.807, 2.05) is 0 Å². The molecule has 0 spiro atoms. The second kappa shape index (κ2) is 5.42. The molecule has 0 aromatic rings. The Morgan fingerprint density at radius 3 is 2.25 bits per heavy atom. The van der Waals surface area contributed by atoms with Gasteiger partial charge in [-0.15, -0.1) is 0 Å². The Labute approximate surface area is 103 Å². The van der Waals surface area contributed by atoms with Crippen LogP contribution >= 0.6 is 12.2 Å². The first kappa shape index (κ1) is 13.9. The number of thiocarbonyl (C=S) groups is 1. The number of sulfonamides is 1. The molecule has 0 aromatic heterocycles. The summed E-state index contributed by atoms with van der Waals surface area (Å²) < 4.78 is 26.0. The van der Waals surface area contributed by atoms with Crippen LogP contribution in [0.5, 0.6) is 0 Å². The minimum absolute atomic E-state index is 0.0180. The van der Waals surface area contributed by atoms with E-state index in [0.717, 1.165) is 12.8 Å². The fraction of sp³-hybridized carbons (Fsp3) is 0.900. The van der Waals surface area contributed by atoms with Gasteiger partial charge in [0.05, 0.1) is 4.99 Å². The fourth-order valence-electron chi connectivity index (χ4n) is 2.53. The second-order valence-electron chi connectivity index (χ2n) is 4.96. The Hall–Kier alpha value is -0.200. The summed E-state index contributed by atoms with van der Waals surface area (Å²) in [6, 6.07) is 0.0399. The highest BCUT2D eigenvalue weighted by Gasteiger charge is 2.27. The van der Waals surface area contributed by atoms with Crippen LogP contribution in [0.25, 0.3) is 0 Å². The third-order valence-corrected chi connectivity index (χ3v) is 4.57. The molecular weight excluding hydrogens is 244 g/mol. The zero-order chi connectivity index (χ0) is 12.3. The molecule has 94 valence electrons. The van der Waals surface area contributed by atoms with Crippen LogP contribution in [-0.2, 0) is 10.0 Å². The lowest BCUT2D eigenvalue weighted by atomic mass is 9.81. The van der Waals surface area contributed by atoms with Crippen molar-refractivity contribution >= 4 is 27.2 Å². The molecule has 0 aromatic carbocycles. The van der Waals surface area contributed by atoms with E-state index in [2.05, 4.69) is 30.8 Å². The topological polar surface area (TPSA) is 72.2 Å². The first-order chi connectivity index (χ1) is 7.28. The van der Waals surface area contributed by atoms with Gasteiger partial charge in [-0.3, -0.25) is 0 Å². The zero-order valence-corrected chi connectivity index (χ0v) is 11.4. The average Bonchev–Trinajstić information content (AvgIpc) is 1.95. The lowest BCUT2D eigenvalue weighted by Gasteiger charge is -2.31. The van der Waals surface area contributed by atoms with E-state index in [9.17, 15) is 8.42 Å². The highest BCUT2D eigenvalue weighted by Crippen LogP contribution is 2.28. The molecule has 0 radical (unpaired) electrons. The van der Waals surface area contributed by atoms with Crippen molar-refractivity contribution in [1.82, 2.24) is 4.72 Å². The third-order valence-electron chi connectivity index (χ3n) is 2.86. The summed E-state index contributed by atoms with van der Waals surface area (Å²) in [4.78, 5) is 0.0180. The van der Waals surface area contributed by atoms with Gasteiger partial charge in [0.15, 0.2) is 0 Å². The molecule has 1 saturated carbocycles. The number of nitrogens with one attached hydrogen (secondary N) is 1. The lowest BCUT2D eigenvalue weighted by Crippen LogP contribution is -2.42. The molecule has 0 aliphatic heterocycles. The Balaban J connectivity index is 2.56. The van der Waals surface area contributed by atoms with Gasteiger partial charge >= 0.3 is 0 Å². The smallest absolute Gasteiger partial charge is 0.218 e. The molecule has 1 aliphatic carbocycles. The van der Waals surface area contributed by atoms with Crippen LogP contribution in [-0.4, -0.2) is 25.2 Å². The number of hydrogen-bond acceptors (Lipinski definition) is 3. The first-order valence-corrected chi connectivity index (χ1v) is 7.63. The van der Waals surface area contributed by atoms with Gasteiger partial charge < -0.3 is 5.73 Å². The molecule has 0 bridgehead atoms. The summed E-state index contributed by atoms with van der Waals surface area (Å²) in [7, 11) is -3.34. The zero-order valence-electron chi connectivity index (χ0n) is 9.77. The third kappa shape index (κ3) is 4.76. The molecule has 3 N–H and O–H groups in total. The minimum atomic E-state index is -3.34. The van der Waals surface area contributed by atoms with Crippen molar-refractivity contribution in [2.75, 3.05) is 5.75 Å². The molecule has 1 fully saturated rings. The Morgan fingerprint density at radius 2 is 1.81 bits per heavy atom. The monoisotopic (exact) mass is 264 g/mol. The Kier molecular flexibility index (Phi) is 4.70. The largest absolute Gasteiger partial charge is 0.392 e. The van der Waals surface area contributed by atoms with E-state index in [0.29, 0.717) is 11.8 Å². The molecule has 6 heteroatoms. The van der Waals surface area contributed by atoms with Gasteiger partial charge in [0.25, 0.3) is 0 Å². The molecular formula is C10H20N2O2S2. The van der Waals surface area contributed by atoms with Gasteiger partial charge in [0.2, 0.25) is 10.0 Å². The van der Waals surface area contributed by atoms with Crippen molar-refractivity contribution in [3.05, 3.63) is 0 Å². The van der Waals surface area contributed by atoms with E-state index < -0.39 is 10.0 Å². The van der Waals surface area contributed by atoms with E-state index in [-0.39, 0.29) is 16.8 Å². The highest BCUT2D eigenvalue weighted by molar-refractivity contribution is 7.92. The molecule has 0 heterocycles. The van der Waals surface area contributed by atoms with Crippen LogP contribution in [0.1, 0.15) is 33.1 Å². The van der Waals surface area contributed by atoms with Gasteiger partial charge in [0, 0.05) is 6.04 Å². The van der Waals surface area contributed by atoms with Crippen molar-refractivity contribution in [3.8, 4) is 0 Å². The molecule has 4 nitrogen and oxygen atoms in total. The van der Waals surface area contributed by atoms with E-state index in [4.69, 9.17) is 5.73 Å². The number of rotatable bonds is 4. The molecule has 16 heavy (non-hydrogen) atoms. The van der Waals surface area contributed by atoms with Gasteiger partial charge in [-0.25, -0.2) is 13.1 Å². The first-order valence-electron chi connectivity index (χ1n) is 5.57. The van der Waals surface area contributed by atoms with Crippen molar-refractivity contribution in [1.29, 1.82) is 0 Å². The summed E-state index contributed by atoms with van der Waals surface area (Å²) in [6.07, 6.45) is 2.98. The molecule has 2 unspecified atom stereocenters. The van der Waals surface area contributed by atoms with Gasteiger partial charge in [-0.2, -0.15) is 0 Å². The summed E-state index contributed by atoms with van der Waals surface area (Å²) in [5.41, 5.74) is 5.25. The normalized spacial score (nSPS) is 31.2. The standard InChI is InChI=1S/C10H20N2O2S2/c1-7-3-8(2)5-9(4-7)12-16(13,14)6-10(11)15/h7-9,12H,3-6H2,1-2H3,(H2,11,15). The van der Waals surface area contributed by atoms with Crippen molar-refractivity contribution < 1.29 is 8.42 Å². The van der Waals surface area contributed by atoms with Gasteiger partial charge in [-0.05, 0) is 31.1 Å². The summed E-state index contributed by atoms with van der Waals surface area (Å²) in [6.45, 7) is 4.31. The maximum atomic E-state index is 11.6. The minimum Gasteiger partial charge on any atom is -0.392 e. The van der Waals surface area contributed by atoms with Crippen LogP contribution in [0.4, 0.5) is 0 Å². The quantitative estimate of drug-likeness (QED) is 0.744. The molecule has 2 atom stereocenters. The van der Waals surface area contributed by atoms with E-state index in [1.165, 1.54) is 6.42 Å². The Morgan fingerprint density at radius 1 is 1.31 bits per heavy atom. The second-order valence-corrected chi connectivity index (χ2v) is 7.24. The predicted octanol–water partition coefficient (Wildman–Crippen LogP) is 1.02. The van der Waals surface area contributed by atoms with Crippen LogP contribution in [0.15, 0.2) is 0 Å². The molecule has 0 saturated heterocycles. The van der Waals surface area contributed by atoms with Crippen LogP contribution in [0.3, 0.4) is 0 Å². The average molecular weight is 264 g/mol. The van der Waals surface area contributed by atoms with Gasteiger partial charge in [0.1, 0.15) is 5.75 Å². The predicted molar refractivity (Wildman–Crippen MR) is 69.7 cm³/mol. The van der Waals surface area contributed by atoms with Crippen LogP contribution in [0, 0.1) is 11.8 Å². The SMILES string of the molecule is CC1CC(C)CC(NS(=O)(=O)CC(N)=S)C1. The maximum absolute atomic E-state index is 11.6. The van der Waals surface area contributed by atoms with Crippen LogP contribution in [0.2, 0.25) is 0 Å². The molecule has 1 aliphatic rings. The number of nitrogens with two attached hydrogens (primary N) is 1. The summed E-state index contributed by atoms with van der Waals surface area (Å²) in [5, 5.41) is 0. The van der Waals surface area contributed by atoms with Crippen molar-refractivity contribution in [2.24, 2.45) is 17.6 Å². The molecule has 1 rings (SSSR count). The molecule has 0 amide bonds. The fourth-order valence-corrected chi connectivity index (χ4v) is 4.15. The van der Waals surface area contributed by atoms with E-state index >= 15 is 0 Å². The van der Waals surface area contributed by atoms with Crippen molar-refractivity contribution in [3.63, 3.8) is 0 Å². The Bertz CT molecular complexity index is 344. The summed E-state index contributed by atoms with van der Waals surface area (Å²) >= 11 is 4.62. The number of hydrogen-bond donors (Lipinski definition) is 2. The van der Waals surface area contributed by atoms with Gasteiger partial charge in [-0.1, -0.05) is 26.1 Å². The maximum Gasteiger partial charge on any atom is 0.218 e. The highest BCUT2D eigenvalue weighted by atomic mass is 32.2.